The van der Waals surface area contributed by atoms with Gasteiger partial charge in [0.2, 0.25) is 0 Å². The number of hydrogen-bond acceptors (Lipinski definition) is 2. The highest BCUT2D eigenvalue weighted by molar-refractivity contribution is 5.09. The lowest BCUT2D eigenvalue weighted by Crippen LogP contribution is -2.26. The maximum Gasteiger partial charge on any atom is 0.0462 e. The molecule has 3 heteroatoms. The number of nitrogens with zero attached hydrogens (tertiary/aromatic N) is 1. The van der Waals surface area contributed by atoms with Crippen molar-refractivity contribution in [1.82, 2.24) is 9.88 Å². The van der Waals surface area contributed by atoms with Gasteiger partial charge in [0.15, 0.2) is 0 Å². The molecule has 2 unspecified atom stereocenters. The van der Waals surface area contributed by atoms with E-state index in [9.17, 15) is 5.11 Å². The first kappa shape index (κ1) is 13.6. The summed E-state index contributed by atoms with van der Waals surface area (Å²) in [5, 5.41) is 12.8. The lowest BCUT2D eigenvalue weighted by molar-refractivity contribution is 0.192. The Morgan fingerprint density at radius 2 is 2.22 bits per heavy atom. The Hall–Kier alpha value is -0.800. The van der Waals surface area contributed by atoms with Crippen LogP contribution in [0.25, 0.3) is 0 Å². The Labute approximate surface area is 110 Å². The maximum absolute atomic E-state index is 9.28. The summed E-state index contributed by atoms with van der Waals surface area (Å²) in [6, 6.07) is 2.20. The Kier molecular flexibility index (Phi) is 5.26. The van der Waals surface area contributed by atoms with Gasteiger partial charge in [-0.3, -0.25) is 0 Å². The maximum atomic E-state index is 9.28. The Morgan fingerprint density at radius 1 is 1.39 bits per heavy atom. The van der Waals surface area contributed by atoms with Gasteiger partial charge in [0.05, 0.1) is 0 Å². The molecule has 1 heterocycles. The summed E-state index contributed by atoms with van der Waals surface area (Å²) in [6.45, 7) is 5.66. The molecule has 18 heavy (non-hydrogen) atoms. The third kappa shape index (κ3) is 3.59. The first-order chi connectivity index (χ1) is 8.83. The predicted molar refractivity (Wildman–Crippen MR) is 74.3 cm³/mol. The normalized spacial score (nSPS) is 23.7. The van der Waals surface area contributed by atoms with Crippen molar-refractivity contribution in [2.24, 2.45) is 11.8 Å². The van der Waals surface area contributed by atoms with Gasteiger partial charge in [0.1, 0.15) is 0 Å². The number of aliphatic hydroxyl groups excluding tert-OH is 1. The number of nitrogens with one attached hydrogen (secondary N) is 1. The van der Waals surface area contributed by atoms with E-state index < -0.39 is 0 Å². The van der Waals surface area contributed by atoms with Crippen LogP contribution in [0, 0.1) is 11.8 Å². The van der Waals surface area contributed by atoms with Gasteiger partial charge in [-0.2, -0.15) is 0 Å². The second-order valence-electron chi connectivity index (χ2n) is 5.52. The van der Waals surface area contributed by atoms with E-state index >= 15 is 0 Å². The third-order valence-corrected chi connectivity index (χ3v) is 4.08. The summed E-state index contributed by atoms with van der Waals surface area (Å²) in [4.78, 5) is 0. The molecule has 0 aromatic carbocycles. The van der Waals surface area contributed by atoms with E-state index in [0.717, 1.165) is 19.6 Å². The molecule has 0 bridgehead atoms. The molecule has 0 saturated heterocycles. The van der Waals surface area contributed by atoms with E-state index in [-0.39, 0.29) is 0 Å². The molecule has 3 nitrogen and oxygen atoms in total. The van der Waals surface area contributed by atoms with Crippen molar-refractivity contribution in [2.75, 3.05) is 13.2 Å². The van der Waals surface area contributed by atoms with Crippen LogP contribution in [0.4, 0.5) is 0 Å². The number of hydrogen-bond donors (Lipinski definition) is 2. The Morgan fingerprint density at radius 3 is 3.00 bits per heavy atom. The van der Waals surface area contributed by atoms with Crippen molar-refractivity contribution in [1.29, 1.82) is 0 Å². The summed E-state index contributed by atoms with van der Waals surface area (Å²) in [6.07, 6.45) is 9.33. The second-order valence-corrected chi connectivity index (χ2v) is 5.52. The van der Waals surface area contributed by atoms with Crippen molar-refractivity contribution < 1.29 is 5.11 Å². The van der Waals surface area contributed by atoms with Gasteiger partial charge in [-0.1, -0.05) is 13.3 Å². The van der Waals surface area contributed by atoms with E-state index in [1.807, 2.05) is 0 Å². The summed E-state index contributed by atoms with van der Waals surface area (Å²) >= 11 is 0. The third-order valence-electron chi connectivity index (χ3n) is 4.08. The van der Waals surface area contributed by atoms with E-state index in [4.69, 9.17) is 0 Å². The molecule has 2 atom stereocenters. The van der Waals surface area contributed by atoms with Crippen molar-refractivity contribution in [2.45, 2.75) is 45.7 Å². The van der Waals surface area contributed by atoms with Gasteiger partial charge < -0.3 is 15.0 Å². The average molecular weight is 250 g/mol. The van der Waals surface area contributed by atoms with Crippen LogP contribution >= 0.6 is 0 Å². The average Bonchev–Trinajstić information content (AvgIpc) is 2.99. The lowest BCUT2D eigenvalue weighted by atomic mass is 9.97. The molecule has 0 spiro atoms. The molecule has 2 rings (SSSR count). The topological polar surface area (TPSA) is 37.2 Å². The van der Waals surface area contributed by atoms with Crippen molar-refractivity contribution >= 4 is 0 Å². The zero-order valence-electron chi connectivity index (χ0n) is 11.4. The Balaban J connectivity index is 1.71. The molecule has 0 aliphatic heterocycles. The molecular weight excluding hydrogens is 224 g/mol. The van der Waals surface area contributed by atoms with Crippen LogP contribution in [0.3, 0.4) is 0 Å². The van der Waals surface area contributed by atoms with Crippen LogP contribution < -0.4 is 5.32 Å². The van der Waals surface area contributed by atoms with Crippen LogP contribution in [0.5, 0.6) is 0 Å². The standard InChI is InChI=1S/C15H26N2O/c1-2-7-17-8-6-13(11-17)9-16-10-14-4-3-5-15(14)12-18/h6,8,11,14-16,18H,2-5,7,9-10,12H2,1H3. The Bertz CT molecular complexity index is 348. The van der Waals surface area contributed by atoms with Crippen molar-refractivity contribution in [3.8, 4) is 0 Å². The monoisotopic (exact) mass is 250 g/mol. The zero-order valence-corrected chi connectivity index (χ0v) is 11.4. The molecule has 102 valence electrons. The smallest absolute Gasteiger partial charge is 0.0462 e. The van der Waals surface area contributed by atoms with Gasteiger partial charge in [0.25, 0.3) is 0 Å². The molecule has 1 fully saturated rings. The molecule has 0 amide bonds. The van der Waals surface area contributed by atoms with Crippen LogP contribution in [0.15, 0.2) is 18.5 Å². The summed E-state index contributed by atoms with van der Waals surface area (Å²) in [7, 11) is 0. The zero-order chi connectivity index (χ0) is 12.8. The fraction of sp³-hybridized carbons (Fsp3) is 0.733. The molecule has 1 aromatic rings. The van der Waals surface area contributed by atoms with Crippen molar-refractivity contribution in [3.63, 3.8) is 0 Å². The number of aromatic nitrogens is 1. The van der Waals surface area contributed by atoms with Crippen LogP contribution in [0.1, 0.15) is 38.2 Å². The van der Waals surface area contributed by atoms with Gasteiger partial charge >= 0.3 is 0 Å². The second kappa shape index (κ2) is 6.95. The molecule has 2 N–H and O–H groups in total. The minimum absolute atomic E-state index is 0.360. The minimum atomic E-state index is 0.360. The molecular formula is C15H26N2O. The summed E-state index contributed by atoms with van der Waals surface area (Å²) < 4.78 is 2.25. The number of aliphatic hydroxyl groups is 1. The molecule has 1 saturated carbocycles. The first-order valence-electron chi connectivity index (χ1n) is 7.29. The number of rotatable bonds is 7. The summed E-state index contributed by atoms with van der Waals surface area (Å²) in [5.41, 5.74) is 1.36. The quantitative estimate of drug-likeness (QED) is 0.779. The van der Waals surface area contributed by atoms with E-state index in [1.165, 1.54) is 31.2 Å². The predicted octanol–water partition coefficient (Wildman–Crippen LogP) is 2.40. The van der Waals surface area contributed by atoms with Gasteiger partial charge in [-0.05, 0) is 49.3 Å². The molecule has 1 aromatic heterocycles. The molecule has 1 aliphatic carbocycles. The highest BCUT2D eigenvalue weighted by Gasteiger charge is 2.25. The van der Waals surface area contributed by atoms with E-state index in [2.05, 4.69) is 35.3 Å². The van der Waals surface area contributed by atoms with Crippen LogP contribution in [-0.2, 0) is 13.1 Å². The largest absolute Gasteiger partial charge is 0.396 e. The van der Waals surface area contributed by atoms with Crippen LogP contribution in [-0.4, -0.2) is 22.8 Å². The lowest BCUT2D eigenvalue weighted by Gasteiger charge is -2.17. The fourth-order valence-electron chi connectivity index (χ4n) is 3.02. The molecule has 0 radical (unpaired) electrons. The highest BCUT2D eigenvalue weighted by atomic mass is 16.3. The SMILES string of the molecule is CCCn1ccc(CNCC2CCCC2CO)c1. The first-order valence-corrected chi connectivity index (χ1v) is 7.29. The van der Waals surface area contributed by atoms with Gasteiger partial charge in [0, 0.05) is 32.1 Å². The van der Waals surface area contributed by atoms with Crippen LogP contribution in [0.2, 0.25) is 0 Å². The minimum Gasteiger partial charge on any atom is -0.396 e. The fourth-order valence-corrected chi connectivity index (χ4v) is 3.02. The molecule has 1 aliphatic rings. The number of aryl methyl sites for hydroxylation is 1. The van der Waals surface area contributed by atoms with E-state index in [1.54, 1.807) is 0 Å². The van der Waals surface area contributed by atoms with E-state index in [0.29, 0.717) is 18.4 Å². The van der Waals surface area contributed by atoms with Gasteiger partial charge in [-0.15, -0.1) is 0 Å². The van der Waals surface area contributed by atoms with Crippen molar-refractivity contribution in [3.05, 3.63) is 24.0 Å². The highest BCUT2D eigenvalue weighted by Crippen LogP contribution is 2.30. The summed E-state index contributed by atoms with van der Waals surface area (Å²) in [5.74, 6) is 1.20. The van der Waals surface area contributed by atoms with Gasteiger partial charge in [-0.25, -0.2) is 0 Å².